The van der Waals surface area contributed by atoms with Crippen LogP contribution in [0.25, 0.3) is 0 Å². The Morgan fingerprint density at radius 3 is 2.63 bits per heavy atom. The van der Waals surface area contributed by atoms with Crippen molar-refractivity contribution in [2.45, 2.75) is 25.1 Å². The van der Waals surface area contributed by atoms with Crippen LogP contribution >= 0.6 is 0 Å². The summed E-state index contributed by atoms with van der Waals surface area (Å²) in [7, 11) is 1.47. The molecule has 1 aliphatic rings. The quantitative estimate of drug-likeness (QED) is 0.710. The number of primary amides is 1. The van der Waals surface area contributed by atoms with E-state index in [-0.39, 0.29) is 12.3 Å². The number of carbonyl (C=O) groups is 2. The zero-order chi connectivity index (χ0) is 22.3. The highest BCUT2D eigenvalue weighted by Crippen LogP contribution is 2.43. The fraction of sp³-hybridized carbons (Fsp3) is 0.368. The first kappa shape index (κ1) is 23.1. The predicted octanol–water partition coefficient (Wildman–Crippen LogP) is 2.52. The summed E-state index contributed by atoms with van der Waals surface area (Å²) in [5.41, 5.74) is 6.11. The number of nitrogens with zero attached hydrogens (tertiary/aromatic N) is 2. The molecule has 0 aliphatic carbocycles. The van der Waals surface area contributed by atoms with Crippen LogP contribution < -0.4 is 15.8 Å². The van der Waals surface area contributed by atoms with E-state index in [2.05, 4.69) is 15.3 Å². The van der Waals surface area contributed by atoms with Gasteiger partial charge in [0.25, 0.3) is 5.91 Å². The van der Waals surface area contributed by atoms with Crippen molar-refractivity contribution in [1.82, 2.24) is 9.97 Å². The lowest BCUT2D eigenvalue weighted by molar-refractivity contribution is -0.215. The number of ether oxygens (including phenoxy) is 2. The Hall–Kier alpha value is -3.21. The number of pyridine rings is 2. The first-order valence-electron chi connectivity index (χ1n) is 8.82. The number of rotatable bonds is 5. The van der Waals surface area contributed by atoms with Crippen LogP contribution in [-0.4, -0.2) is 48.3 Å². The van der Waals surface area contributed by atoms with E-state index in [1.54, 1.807) is 24.4 Å². The molecule has 0 spiro atoms. The highest BCUT2D eigenvalue weighted by Gasteiger charge is 2.51. The van der Waals surface area contributed by atoms with E-state index in [0.29, 0.717) is 23.5 Å². The number of nitrogens with one attached hydrogen (secondary N) is 1. The maximum Gasteiger partial charge on any atom is 0.414 e. The lowest BCUT2D eigenvalue weighted by atomic mass is 9.89. The van der Waals surface area contributed by atoms with Gasteiger partial charge in [0.1, 0.15) is 11.4 Å². The van der Waals surface area contributed by atoms with E-state index in [4.69, 9.17) is 15.2 Å². The third kappa shape index (κ3) is 5.66. The Morgan fingerprint density at radius 2 is 2.07 bits per heavy atom. The third-order valence-corrected chi connectivity index (χ3v) is 4.50. The molecule has 8 nitrogen and oxygen atoms in total. The number of aromatic nitrogens is 2. The molecule has 1 aliphatic heterocycles. The molecular weight excluding hydrogens is 405 g/mol. The molecule has 30 heavy (non-hydrogen) atoms. The molecule has 2 aromatic heterocycles. The Balaban J connectivity index is 0.000000232. The van der Waals surface area contributed by atoms with E-state index in [1.807, 2.05) is 0 Å². The fourth-order valence-electron chi connectivity index (χ4n) is 3.02. The van der Waals surface area contributed by atoms with E-state index in [0.717, 1.165) is 0 Å². The summed E-state index contributed by atoms with van der Waals surface area (Å²) < 4.78 is 48.1. The summed E-state index contributed by atoms with van der Waals surface area (Å²) in [5, 5.41) is 2.37. The Labute approximate surface area is 170 Å². The van der Waals surface area contributed by atoms with Gasteiger partial charge in [-0.05, 0) is 24.3 Å². The third-order valence-electron chi connectivity index (χ3n) is 4.50. The molecular formula is C19H21F3N4O4. The van der Waals surface area contributed by atoms with Crippen molar-refractivity contribution in [3.8, 4) is 5.75 Å². The SMILES string of the molecule is COc1cccnc1C1COC(C(F)(F)F)C1C.NC(=O)c1cc(NC=O)ccn1. The molecule has 1 fully saturated rings. The Kier molecular flexibility index (Phi) is 7.70. The van der Waals surface area contributed by atoms with Gasteiger partial charge in [-0.25, -0.2) is 0 Å². The van der Waals surface area contributed by atoms with Crippen molar-refractivity contribution in [1.29, 1.82) is 0 Å². The first-order chi connectivity index (χ1) is 14.2. The fourth-order valence-corrected chi connectivity index (χ4v) is 3.02. The van der Waals surface area contributed by atoms with Crippen LogP contribution in [0.5, 0.6) is 5.75 Å². The van der Waals surface area contributed by atoms with E-state index < -0.39 is 30.0 Å². The zero-order valence-electron chi connectivity index (χ0n) is 16.2. The van der Waals surface area contributed by atoms with Crippen molar-refractivity contribution in [2.75, 3.05) is 19.0 Å². The summed E-state index contributed by atoms with van der Waals surface area (Å²) in [5.74, 6) is -1.19. The number of nitrogens with two attached hydrogens (primary N) is 1. The van der Waals surface area contributed by atoms with Crippen LogP contribution in [-0.2, 0) is 9.53 Å². The highest BCUT2D eigenvalue weighted by molar-refractivity contribution is 5.92. The van der Waals surface area contributed by atoms with Crippen LogP contribution in [0.4, 0.5) is 18.9 Å². The molecule has 3 atom stereocenters. The maximum atomic E-state index is 12.7. The zero-order valence-corrected chi connectivity index (χ0v) is 16.2. The van der Waals surface area contributed by atoms with E-state index in [1.165, 1.54) is 26.3 Å². The van der Waals surface area contributed by atoms with Gasteiger partial charge in [-0.3, -0.25) is 19.6 Å². The summed E-state index contributed by atoms with van der Waals surface area (Å²) in [6.07, 6.45) is -2.61. The first-order valence-corrected chi connectivity index (χ1v) is 8.82. The average Bonchev–Trinajstić information content (AvgIpc) is 3.10. The number of carbonyl (C=O) groups excluding carboxylic acids is 2. The van der Waals surface area contributed by atoms with Crippen LogP contribution in [0.2, 0.25) is 0 Å². The molecule has 162 valence electrons. The molecule has 0 radical (unpaired) electrons. The van der Waals surface area contributed by atoms with Crippen molar-refractivity contribution < 1.29 is 32.2 Å². The van der Waals surface area contributed by atoms with Gasteiger partial charge in [0, 0.05) is 29.9 Å². The molecule has 1 saturated heterocycles. The van der Waals surface area contributed by atoms with Gasteiger partial charge in [-0.2, -0.15) is 13.2 Å². The topological polar surface area (TPSA) is 116 Å². The highest BCUT2D eigenvalue weighted by atomic mass is 19.4. The second-order valence-corrected chi connectivity index (χ2v) is 6.41. The second kappa shape index (κ2) is 10.0. The van der Waals surface area contributed by atoms with E-state index in [9.17, 15) is 22.8 Å². The van der Waals surface area contributed by atoms with E-state index >= 15 is 0 Å². The largest absolute Gasteiger partial charge is 0.495 e. The number of methoxy groups -OCH3 is 1. The minimum atomic E-state index is -4.34. The van der Waals surface area contributed by atoms with Crippen molar-refractivity contribution in [3.05, 3.63) is 48.0 Å². The van der Waals surface area contributed by atoms with Gasteiger partial charge in [0.15, 0.2) is 6.10 Å². The monoisotopic (exact) mass is 426 g/mol. The molecule has 0 saturated carbocycles. The summed E-state index contributed by atoms with van der Waals surface area (Å²) in [4.78, 5) is 28.4. The minimum absolute atomic E-state index is 0.0126. The molecule has 3 unspecified atom stereocenters. The number of amides is 2. The molecule has 3 heterocycles. The number of anilines is 1. The minimum Gasteiger partial charge on any atom is -0.495 e. The van der Waals surface area contributed by atoms with Gasteiger partial charge >= 0.3 is 6.18 Å². The van der Waals surface area contributed by atoms with Gasteiger partial charge in [-0.1, -0.05) is 6.92 Å². The molecule has 0 aromatic carbocycles. The van der Waals surface area contributed by atoms with Crippen LogP contribution in [0.3, 0.4) is 0 Å². The Morgan fingerprint density at radius 1 is 1.33 bits per heavy atom. The second-order valence-electron chi connectivity index (χ2n) is 6.41. The molecule has 0 bridgehead atoms. The van der Waals surface area contributed by atoms with Gasteiger partial charge in [-0.15, -0.1) is 0 Å². The predicted molar refractivity (Wildman–Crippen MR) is 101 cm³/mol. The van der Waals surface area contributed by atoms with Gasteiger partial charge in [0.2, 0.25) is 6.41 Å². The van der Waals surface area contributed by atoms with Crippen LogP contribution in [0.1, 0.15) is 29.0 Å². The standard InChI is InChI=1S/C12H14F3NO2.C7H7N3O2/c1-7-8(6-18-11(7)12(13,14)15)10-9(17-2)4-3-5-16-10;8-7(12)6-3-5(10-4-11)1-2-9-6/h3-5,7-8,11H,6H2,1-2H3;1-4H,(H2,8,12)(H,9,10,11). The molecule has 3 rings (SSSR count). The smallest absolute Gasteiger partial charge is 0.414 e. The summed E-state index contributed by atoms with van der Waals surface area (Å²) >= 11 is 0. The lowest BCUT2D eigenvalue weighted by Gasteiger charge is -2.21. The van der Waals surface area contributed by atoms with Gasteiger partial charge in [0.05, 0.1) is 19.4 Å². The van der Waals surface area contributed by atoms with Crippen LogP contribution in [0.15, 0.2) is 36.7 Å². The lowest BCUT2D eigenvalue weighted by Crippen LogP contribution is -2.33. The average molecular weight is 426 g/mol. The van der Waals surface area contributed by atoms with Crippen molar-refractivity contribution in [3.63, 3.8) is 0 Å². The summed E-state index contributed by atoms with van der Waals surface area (Å²) in [6, 6.07) is 6.33. The molecule has 3 N–H and O–H groups in total. The molecule has 2 aromatic rings. The van der Waals surface area contributed by atoms with Crippen molar-refractivity contribution in [2.24, 2.45) is 11.7 Å². The van der Waals surface area contributed by atoms with Crippen molar-refractivity contribution >= 4 is 18.0 Å². The number of halogens is 3. The maximum absolute atomic E-state index is 12.7. The van der Waals surface area contributed by atoms with Crippen LogP contribution in [0, 0.1) is 5.92 Å². The normalized spacial score (nSPS) is 20.6. The number of hydrogen-bond acceptors (Lipinski definition) is 6. The molecule has 2 amide bonds. The number of hydrogen-bond donors (Lipinski definition) is 2. The Bertz CT molecular complexity index is 879. The summed E-state index contributed by atoms with van der Waals surface area (Å²) in [6.45, 7) is 1.54. The number of alkyl halides is 3. The van der Waals surface area contributed by atoms with Gasteiger partial charge < -0.3 is 20.5 Å². The molecule has 11 heteroatoms.